The van der Waals surface area contributed by atoms with Crippen LogP contribution in [-0.4, -0.2) is 46.2 Å². The van der Waals surface area contributed by atoms with Gasteiger partial charge >= 0.3 is 6.09 Å². The maximum Gasteiger partial charge on any atom is 0.409 e. The summed E-state index contributed by atoms with van der Waals surface area (Å²) in [6, 6.07) is 16.3. The van der Waals surface area contributed by atoms with Crippen LogP contribution >= 0.6 is 0 Å². The fraction of sp³-hybridized carbons (Fsp3) is 0.259. The summed E-state index contributed by atoms with van der Waals surface area (Å²) >= 11 is 0. The molecule has 2 amide bonds. The molecule has 9 heteroatoms. The highest BCUT2D eigenvalue weighted by molar-refractivity contribution is 6.20. The maximum atomic E-state index is 13.7. The van der Waals surface area contributed by atoms with Gasteiger partial charge in [0.1, 0.15) is 12.3 Å². The van der Waals surface area contributed by atoms with E-state index in [0.717, 1.165) is 5.56 Å². The van der Waals surface area contributed by atoms with Gasteiger partial charge in [-0.2, -0.15) is 0 Å². The van der Waals surface area contributed by atoms with E-state index in [0.29, 0.717) is 22.7 Å². The van der Waals surface area contributed by atoms with E-state index in [1.165, 1.54) is 23.5 Å². The van der Waals surface area contributed by atoms with Crippen molar-refractivity contribution in [1.29, 1.82) is 0 Å². The van der Waals surface area contributed by atoms with E-state index < -0.39 is 23.6 Å². The Morgan fingerprint density at radius 1 is 1.03 bits per heavy atom. The van der Waals surface area contributed by atoms with Crippen LogP contribution in [0.2, 0.25) is 0 Å². The first-order chi connectivity index (χ1) is 17.2. The van der Waals surface area contributed by atoms with Crippen molar-refractivity contribution in [1.82, 2.24) is 15.3 Å². The monoisotopic (exact) mass is 485 g/mol. The first kappa shape index (κ1) is 24.7. The molecule has 1 aliphatic rings. The number of nitrogens with one attached hydrogen (secondary N) is 1. The van der Waals surface area contributed by atoms with Crippen LogP contribution in [0.3, 0.4) is 0 Å². The summed E-state index contributed by atoms with van der Waals surface area (Å²) in [4.78, 5) is 53.8. The number of para-hydroxylation sites is 1. The van der Waals surface area contributed by atoms with E-state index in [1.54, 1.807) is 45.0 Å². The highest BCUT2D eigenvalue weighted by Crippen LogP contribution is 2.29. The number of hydrogen-bond acceptors (Lipinski definition) is 7. The second-order valence-electron chi connectivity index (χ2n) is 9.29. The molecule has 2 heterocycles. The molecule has 1 N–H and O–H groups in total. The number of carbonyl (C=O) groups is 3. The van der Waals surface area contributed by atoms with E-state index >= 15 is 0 Å². The van der Waals surface area contributed by atoms with Crippen molar-refractivity contribution < 1.29 is 19.1 Å². The summed E-state index contributed by atoms with van der Waals surface area (Å²) < 4.78 is 5.32. The number of amides is 2. The molecule has 0 radical (unpaired) electrons. The van der Waals surface area contributed by atoms with Crippen molar-refractivity contribution in [2.45, 2.75) is 33.5 Å². The largest absolute Gasteiger partial charge is 0.445 e. The van der Waals surface area contributed by atoms with Crippen LogP contribution in [0.4, 0.5) is 10.5 Å². The molecule has 1 aromatic heterocycles. The minimum Gasteiger partial charge on any atom is -0.445 e. The third-order valence-electron chi connectivity index (χ3n) is 5.62. The average Bonchev–Trinajstić information content (AvgIpc) is 2.99. The first-order valence-corrected chi connectivity index (χ1v) is 11.5. The number of nitrogens with zero attached hydrogens (tertiary/aromatic N) is 4. The molecule has 2 aromatic carbocycles. The fourth-order valence-corrected chi connectivity index (χ4v) is 3.57. The summed E-state index contributed by atoms with van der Waals surface area (Å²) in [5.41, 5.74) is 2.00. The van der Waals surface area contributed by atoms with Crippen LogP contribution in [0.15, 0.2) is 78.2 Å². The van der Waals surface area contributed by atoms with Crippen LogP contribution in [0.5, 0.6) is 0 Å². The Hall–Kier alpha value is -4.40. The average molecular weight is 486 g/mol. The summed E-state index contributed by atoms with van der Waals surface area (Å²) in [5, 5.41) is 2.56. The van der Waals surface area contributed by atoms with Crippen LogP contribution in [0, 0.1) is 5.41 Å². The number of hydrogen-bond donors (Lipinski definition) is 1. The molecule has 4 rings (SSSR count). The molecule has 1 atom stereocenters. The number of anilines is 1. The molecule has 0 saturated carbocycles. The normalized spacial score (nSPS) is 15.4. The molecule has 1 unspecified atom stereocenters. The highest BCUT2D eigenvalue weighted by atomic mass is 16.5. The van der Waals surface area contributed by atoms with Gasteiger partial charge in [0.25, 0.3) is 5.91 Å². The van der Waals surface area contributed by atoms with Gasteiger partial charge in [0.15, 0.2) is 5.78 Å². The molecular weight excluding hydrogens is 458 g/mol. The zero-order valence-corrected chi connectivity index (χ0v) is 20.3. The number of carbonyl (C=O) groups excluding carboxylic acids is 3. The first-order valence-electron chi connectivity index (χ1n) is 11.5. The van der Waals surface area contributed by atoms with Crippen molar-refractivity contribution in [2.24, 2.45) is 10.4 Å². The fourth-order valence-electron chi connectivity index (χ4n) is 3.57. The van der Waals surface area contributed by atoms with E-state index in [2.05, 4.69) is 20.3 Å². The molecular formula is C27H27N5O4. The quantitative estimate of drug-likeness (QED) is 0.571. The number of aliphatic imine (C=N–C) groups is 1. The Morgan fingerprint density at radius 2 is 1.75 bits per heavy atom. The van der Waals surface area contributed by atoms with Crippen LogP contribution in [0.25, 0.3) is 0 Å². The third kappa shape index (κ3) is 5.63. The number of ketones is 1. The molecule has 0 fully saturated rings. The Bertz CT molecular complexity index is 1290. The minimum absolute atomic E-state index is 0.0285. The van der Waals surface area contributed by atoms with Gasteiger partial charge < -0.3 is 9.64 Å². The number of benzene rings is 2. The van der Waals surface area contributed by atoms with E-state index in [9.17, 15) is 14.4 Å². The van der Waals surface area contributed by atoms with Gasteiger partial charge in [0, 0.05) is 23.4 Å². The number of ether oxygens (including phenoxy) is 1. The number of rotatable bonds is 6. The Balaban J connectivity index is 1.70. The van der Waals surface area contributed by atoms with Gasteiger partial charge in [-0.05, 0) is 11.6 Å². The van der Waals surface area contributed by atoms with Gasteiger partial charge in [-0.15, -0.1) is 0 Å². The van der Waals surface area contributed by atoms with Crippen molar-refractivity contribution in [3.8, 4) is 0 Å². The van der Waals surface area contributed by atoms with Crippen molar-refractivity contribution in [2.75, 3.05) is 11.4 Å². The Kier molecular flexibility index (Phi) is 7.19. The zero-order valence-electron chi connectivity index (χ0n) is 20.3. The lowest BCUT2D eigenvalue weighted by molar-refractivity contribution is -0.127. The molecule has 3 aromatic rings. The van der Waals surface area contributed by atoms with Crippen LogP contribution < -0.4 is 10.2 Å². The SMILES string of the molecule is CC(C)(C)C(=O)CN1C(=O)C(NC(=O)OCc2ccccc2)N=C(c2cnccn2)c2ccccc21. The lowest BCUT2D eigenvalue weighted by Crippen LogP contribution is -2.50. The standard InChI is InChI=1S/C27H27N5O4/c1-27(2,3)22(33)16-32-21-12-8-7-11-19(21)23(20-15-28-13-14-29-20)30-24(25(32)34)31-26(35)36-17-18-9-5-4-6-10-18/h4-15,24H,16-17H2,1-3H3,(H,31,35). The molecule has 0 aliphatic carbocycles. The molecule has 36 heavy (non-hydrogen) atoms. The summed E-state index contributed by atoms with van der Waals surface area (Å²) in [7, 11) is 0. The van der Waals surface area contributed by atoms with Gasteiger partial charge in [-0.1, -0.05) is 69.3 Å². The molecule has 9 nitrogen and oxygen atoms in total. The van der Waals surface area contributed by atoms with Crippen LogP contribution in [-0.2, 0) is 20.9 Å². The van der Waals surface area contributed by atoms with Gasteiger partial charge in [-0.3, -0.25) is 24.9 Å². The van der Waals surface area contributed by atoms with Crippen molar-refractivity contribution in [3.05, 3.63) is 90.0 Å². The maximum absolute atomic E-state index is 13.7. The summed E-state index contributed by atoms with van der Waals surface area (Å²) in [6.07, 6.45) is 2.42. The molecule has 0 spiro atoms. The van der Waals surface area contributed by atoms with Gasteiger partial charge in [-0.25, -0.2) is 9.79 Å². The highest BCUT2D eigenvalue weighted by Gasteiger charge is 2.36. The van der Waals surface area contributed by atoms with Crippen molar-refractivity contribution in [3.63, 3.8) is 0 Å². The zero-order chi connectivity index (χ0) is 25.7. The smallest absolute Gasteiger partial charge is 0.409 e. The molecule has 184 valence electrons. The Labute approximate surface area is 209 Å². The third-order valence-corrected chi connectivity index (χ3v) is 5.62. The summed E-state index contributed by atoms with van der Waals surface area (Å²) in [6.45, 7) is 5.23. The van der Waals surface area contributed by atoms with Gasteiger partial charge in [0.2, 0.25) is 6.17 Å². The van der Waals surface area contributed by atoms with Crippen LogP contribution in [0.1, 0.15) is 37.6 Å². The number of benzodiazepines with no additional fused rings is 1. The minimum atomic E-state index is -1.34. The molecule has 1 aliphatic heterocycles. The summed E-state index contributed by atoms with van der Waals surface area (Å²) in [5.74, 6) is -0.699. The topological polar surface area (TPSA) is 114 Å². The predicted octanol–water partition coefficient (Wildman–Crippen LogP) is 3.53. The van der Waals surface area contributed by atoms with E-state index in [-0.39, 0.29) is 18.9 Å². The van der Waals surface area contributed by atoms with E-state index in [4.69, 9.17) is 4.74 Å². The lowest BCUT2D eigenvalue weighted by Gasteiger charge is -2.27. The number of fused-ring (bicyclic) bond motifs is 1. The molecule has 0 saturated heterocycles. The number of alkyl carbamates (subject to hydrolysis) is 1. The lowest BCUT2D eigenvalue weighted by atomic mass is 9.90. The van der Waals surface area contributed by atoms with E-state index in [1.807, 2.05) is 30.3 Å². The predicted molar refractivity (Wildman–Crippen MR) is 134 cm³/mol. The number of Topliss-reactive ketones (excluding diaryl/α,β-unsaturated/α-hetero) is 1. The van der Waals surface area contributed by atoms with Gasteiger partial charge in [0.05, 0.1) is 24.1 Å². The second kappa shape index (κ2) is 10.5. The van der Waals surface area contributed by atoms with Crippen molar-refractivity contribution >= 4 is 29.2 Å². The molecule has 0 bridgehead atoms. The number of aromatic nitrogens is 2. The Morgan fingerprint density at radius 3 is 2.44 bits per heavy atom. The second-order valence-corrected chi connectivity index (χ2v) is 9.29.